The minimum absolute atomic E-state index is 0.814. The average Bonchev–Trinajstić information content (AvgIpc) is 0.756. The molecule has 0 aromatic carbocycles. The van der Waals surface area contributed by atoms with Crippen LogP contribution < -0.4 is 31.9 Å². The standard InChI is InChI=1S/C66H110N6O46/c1-16(81)67-31-46(96)51(27(12-78)103-58(31)101)112-63-36(72-21(6)86)47(97)52(28(13-79)109-63)114-64-50(100)55(116-66-57(118-62-35(71-20(5)85)45(95)40(90)25(10-76)107-62)49(99)53(29(14-80)110-66)113-59-32(68-17(2)82)42(92)37(87)22(7-73)104-59)54(115-60-33(69-18(3)83)43(93)38(88)23(8-74)105-60)30(111-64)15-102-65-56(48(98)41(91)26(11-77)108-65)117-61-34(70-19(4)84)44(94)39(89)24(9-75)106-61/h22-66,73-80,87-101H,7-15H2,1-6H3,(H,67,81)(H,68,82)(H,69,83)(H,70,84)(H,71,85)(H,72,86)/t22-,23-,24-,25-,26-,27-,28-,29-,30-,31-,32-,33-,34-,35-,36-,37-,38-,39-,40-,41-,42-,43-,44-,45-,46-,47-,48+,49+,50+,51-,52-,53-,54-,55-,56+,57+,58?,59+,60+,61+,62+,63+,64+,65+,66-/m1/s1. The fraction of sp³-hybridized carbons (Fsp3) is 0.909. The third-order valence-corrected chi connectivity index (χ3v) is 21.2. The Morgan fingerprint density at radius 3 is 0.805 bits per heavy atom. The van der Waals surface area contributed by atoms with Crippen LogP contribution in [-0.4, -0.2) is 488 Å². The molecule has 0 radical (unpaired) electrons. The first kappa shape index (κ1) is 97.0. The van der Waals surface area contributed by atoms with Crippen molar-refractivity contribution in [2.45, 2.75) is 318 Å². The molecule has 0 saturated carbocycles. The summed E-state index contributed by atoms with van der Waals surface area (Å²) in [4.78, 5) is 77.0. The molecule has 9 heterocycles. The first-order chi connectivity index (χ1) is 55.8. The van der Waals surface area contributed by atoms with Crippen LogP contribution in [0.2, 0.25) is 0 Å². The Balaban J connectivity index is 1.22. The molecule has 0 aromatic heterocycles. The summed E-state index contributed by atoms with van der Waals surface area (Å²) in [6.45, 7) is -4.83. The summed E-state index contributed by atoms with van der Waals surface area (Å²) in [5.74, 6) is -5.55. The molecule has 0 aliphatic carbocycles. The minimum Gasteiger partial charge on any atom is -0.394 e. The number of rotatable bonds is 31. The van der Waals surface area contributed by atoms with Gasteiger partial charge in [-0.15, -0.1) is 0 Å². The molecule has 9 rings (SSSR count). The van der Waals surface area contributed by atoms with Gasteiger partial charge in [-0.3, -0.25) is 28.8 Å². The third kappa shape index (κ3) is 21.9. The van der Waals surface area contributed by atoms with Gasteiger partial charge >= 0.3 is 0 Å². The van der Waals surface area contributed by atoms with Crippen LogP contribution in [0.1, 0.15) is 41.5 Å². The van der Waals surface area contributed by atoms with E-state index in [9.17, 15) is 146 Å². The number of hydrogen-bond donors (Lipinski definition) is 29. The fourth-order valence-corrected chi connectivity index (χ4v) is 15.3. The molecule has 118 heavy (non-hydrogen) atoms. The number of carbonyl (C=O) groups excluding carboxylic acids is 6. The van der Waals surface area contributed by atoms with Crippen LogP contribution in [0.4, 0.5) is 0 Å². The summed E-state index contributed by atoms with van der Waals surface area (Å²) in [6, 6.07) is -11.4. The summed E-state index contributed by atoms with van der Waals surface area (Å²) in [5, 5.41) is 275. The van der Waals surface area contributed by atoms with Crippen molar-refractivity contribution in [3.63, 3.8) is 0 Å². The lowest BCUT2D eigenvalue weighted by atomic mass is 9.93. The molecular formula is C66H110N6O46. The van der Waals surface area contributed by atoms with Gasteiger partial charge < -0.3 is 230 Å². The van der Waals surface area contributed by atoms with Gasteiger partial charge in [0, 0.05) is 41.5 Å². The van der Waals surface area contributed by atoms with Gasteiger partial charge in [-0.2, -0.15) is 0 Å². The quantitative estimate of drug-likeness (QED) is 0.0306. The number of aliphatic hydroxyl groups excluding tert-OH is 23. The van der Waals surface area contributed by atoms with Gasteiger partial charge in [0.05, 0.1) is 59.5 Å². The number of carbonyl (C=O) groups is 6. The van der Waals surface area contributed by atoms with Gasteiger partial charge in [0.25, 0.3) is 0 Å². The second-order valence-electron chi connectivity index (χ2n) is 29.6. The molecule has 52 heteroatoms. The van der Waals surface area contributed by atoms with Gasteiger partial charge in [0.1, 0.15) is 219 Å². The van der Waals surface area contributed by atoms with Crippen LogP contribution in [0, 0.1) is 0 Å². The van der Waals surface area contributed by atoms with Gasteiger partial charge in [-0.25, -0.2) is 0 Å². The highest BCUT2D eigenvalue weighted by molar-refractivity contribution is 5.75. The highest BCUT2D eigenvalue weighted by atomic mass is 16.8. The molecule has 29 N–H and O–H groups in total. The maximum absolute atomic E-state index is 13.4. The SMILES string of the molecule is CC(=O)N[C@H]1[C@H](O[C@H]2[C@H](O)[C@@H](NC(C)=O)C(O)O[C@@H]2CO)O[C@H](CO)[C@@H](O[C@@H]2O[C@H](CO[C@H]3O[C@H](CO)[C@@H](O)[C@H](O)[C@@H]3O[C@@H]3O[C@H](CO)[C@@H](O)[C@H](O)[C@H]3NC(C)=O)[C@@H](O[C@@H]3O[C@H](CO)[C@@H](O)[C@H](O)[C@H]3NC(C)=O)[C@H](O[C@H]3O[C@H](CO)[C@@H](O[C@@H]4O[C@H](CO)[C@@H](O)[C@H](O)[C@H]4NC(C)=O)[C@H](O)[C@@H]3O[C@@H]3O[C@H](CO)[C@@H](O)[C@H](O)[C@H]3NC(C)=O)[C@@H]2O)[C@@H]1O. The smallest absolute Gasteiger partial charge is 0.217 e. The monoisotopic (exact) mass is 1720 g/mol. The van der Waals surface area contributed by atoms with Crippen LogP contribution in [0.5, 0.6) is 0 Å². The van der Waals surface area contributed by atoms with Crippen LogP contribution in [0.25, 0.3) is 0 Å². The van der Waals surface area contributed by atoms with E-state index in [-0.39, 0.29) is 0 Å². The molecule has 9 fully saturated rings. The Bertz CT molecular complexity index is 3230. The van der Waals surface area contributed by atoms with Crippen LogP contribution in [0.15, 0.2) is 0 Å². The molecule has 9 aliphatic heterocycles. The molecule has 45 atom stereocenters. The maximum atomic E-state index is 13.4. The van der Waals surface area contributed by atoms with E-state index >= 15 is 0 Å². The predicted molar refractivity (Wildman–Crippen MR) is 367 cm³/mol. The molecule has 52 nitrogen and oxygen atoms in total. The van der Waals surface area contributed by atoms with Crippen molar-refractivity contribution in [3.8, 4) is 0 Å². The van der Waals surface area contributed by atoms with Gasteiger partial charge in [-0.1, -0.05) is 0 Å². The maximum Gasteiger partial charge on any atom is 0.217 e. The van der Waals surface area contributed by atoms with E-state index in [0.29, 0.717) is 0 Å². The average molecular weight is 1720 g/mol. The molecule has 9 saturated heterocycles. The summed E-state index contributed by atoms with van der Waals surface area (Å²) >= 11 is 0. The lowest BCUT2D eigenvalue weighted by molar-refractivity contribution is -0.412. The van der Waals surface area contributed by atoms with Crippen molar-refractivity contribution < 1.29 is 227 Å². The molecule has 0 aromatic rings. The van der Waals surface area contributed by atoms with E-state index in [1.807, 2.05) is 0 Å². The normalized spacial score (nSPS) is 46.9. The Morgan fingerprint density at radius 2 is 0.458 bits per heavy atom. The van der Waals surface area contributed by atoms with Gasteiger partial charge in [-0.05, 0) is 0 Å². The highest BCUT2D eigenvalue weighted by Gasteiger charge is 2.62. The summed E-state index contributed by atoms with van der Waals surface area (Å²) < 4.78 is 105. The van der Waals surface area contributed by atoms with Gasteiger partial charge in [0.2, 0.25) is 35.4 Å². The van der Waals surface area contributed by atoms with E-state index in [2.05, 4.69) is 31.9 Å². The Labute approximate surface area is 669 Å². The molecule has 1 unspecified atom stereocenters. The largest absolute Gasteiger partial charge is 0.394 e. The molecular weight excluding hydrogens is 1610 g/mol. The van der Waals surface area contributed by atoms with E-state index in [0.717, 1.165) is 41.5 Å². The van der Waals surface area contributed by atoms with E-state index in [1.165, 1.54) is 0 Å². The zero-order valence-electron chi connectivity index (χ0n) is 64.0. The van der Waals surface area contributed by atoms with Crippen molar-refractivity contribution in [1.82, 2.24) is 31.9 Å². The zero-order valence-corrected chi connectivity index (χ0v) is 64.0. The van der Waals surface area contributed by atoms with Crippen molar-refractivity contribution >= 4 is 35.4 Å². The molecule has 0 spiro atoms. The summed E-state index contributed by atoms with van der Waals surface area (Å²) in [7, 11) is 0. The Morgan fingerprint density at radius 1 is 0.220 bits per heavy atom. The molecule has 0 bridgehead atoms. The number of nitrogens with one attached hydrogen (secondary N) is 6. The first-order valence-corrected chi connectivity index (χ1v) is 37.6. The second-order valence-corrected chi connectivity index (χ2v) is 29.6. The van der Waals surface area contributed by atoms with E-state index < -0.39 is 371 Å². The molecule has 9 aliphatic rings. The number of hydrogen-bond acceptors (Lipinski definition) is 46. The van der Waals surface area contributed by atoms with E-state index in [4.69, 9.17) is 80.5 Å². The van der Waals surface area contributed by atoms with E-state index in [1.54, 1.807) is 0 Å². The molecule has 680 valence electrons. The minimum atomic E-state index is -2.77. The van der Waals surface area contributed by atoms with Crippen molar-refractivity contribution in [2.75, 3.05) is 59.5 Å². The lowest BCUT2D eigenvalue weighted by Gasteiger charge is -2.53. The zero-order chi connectivity index (χ0) is 87.1. The molecule has 6 amide bonds. The third-order valence-electron chi connectivity index (χ3n) is 21.2. The number of amides is 6. The fourth-order valence-electron chi connectivity index (χ4n) is 15.3. The second kappa shape index (κ2) is 42.7. The van der Waals surface area contributed by atoms with Crippen molar-refractivity contribution in [3.05, 3.63) is 0 Å². The van der Waals surface area contributed by atoms with Crippen LogP contribution in [-0.2, 0) is 109 Å². The summed E-state index contributed by atoms with van der Waals surface area (Å²) in [5.41, 5.74) is 0. The lowest BCUT2D eigenvalue weighted by Crippen LogP contribution is -2.72. The van der Waals surface area contributed by atoms with Crippen molar-refractivity contribution in [2.24, 2.45) is 0 Å². The van der Waals surface area contributed by atoms with Crippen LogP contribution in [0.3, 0.4) is 0 Å². The summed E-state index contributed by atoms with van der Waals surface area (Å²) in [6.07, 6.45) is -84.7. The van der Waals surface area contributed by atoms with Gasteiger partial charge in [0.15, 0.2) is 56.6 Å². The topological polar surface area (TPSA) is 797 Å². The predicted octanol–water partition coefficient (Wildman–Crippen LogP) is -19.8. The first-order valence-electron chi connectivity index (χ1n) is 37.6. The number of ether oxygens (including phenoxy) is 17. The Hall–Kier alpha value is -4.78. The van der Waals surface area contributed by atoms with Crippen LogP contribution >= 0.6 is 0 Å². The van der Waals surface area contributed by atoms with Crippen molar-refractivity contribution in [1.29, 1.82) is 0 Å². The number of aliphatic hydroxyl groups is 23. The Kier molecular flexibility index (Phi) is 35.1. The highest BCUT2D eigenvalue weighted by Crippen LogP contribution is 2.41.